The zero-order valence-electron chi connectivity index (χ0n) is 36.3. The number of hydrogen-bond donors (Lipinski definition) is 1. The summed E-state index contributed by atoms with van der Waals surface area (Å²) in [7, 11) is 0. The molecule has 1 N–H and O–H groups in total. The lowest BCUT2D eigenvalue weighted by Gasteiger charge is -2.48. The van der Waals surface area contributed by atoms with E-state index in [9.17, 15) is 24.0 Å². The topological polar surface area (TPSA) is 192 Å². The molecule has 1 unspecified atom stereocenters. The van der Waals surface area contributed by atoms with Crippen LogP contribution in [0.4, 0.5) is 0 Å². The Morgan fingerprint density at radius 3 is 1.23 bits per heavy atom. The maximum Gasteiger partial charge on any atom is 0.338 e. The molecule has 2 aliphatic heterocycles. The van der Waals surface area contributed by atoms with Crippen molar-refractivity contribution in [2.24, 2.45) is 5.92 Å². The van der Waals surface area contributed by atoms with E-state index in [0.717, 1.165) is 0 Å². The molecule has 15 nitrogen and oxygen atoms in total. The second-order valence-electron chi connectivity index (χ2n) is 15.5. The Morgan fingerprint density at radius 1 is 0.455 bits per heavy atom. The van der Waals surface area contributed by atoms with Crippen LogP contribution >= 0.6 is 0 Å². The van der Waals surface area contributed by atoms with Gasteiger partial charge in [0.2, 0.25) is 6.29 Å². The summed E-state index contributed by atoms with van der Waals surface area (Å²) in [4.78, 5) is 69.3. The average molecular weight is 900 g/mol. The molecule has 0 spiro atoms. The molecule has 0 aliphatic carbocycles. The van der Waals surface area contributed by atoms with Gasteiger partial charge in [0, 0.05) is 6.92 Å². The minimum atomic E-state index is -1.69. The Bertz CT molecular complexity index is 2420. The van der Waals surface area contributed by atoms with Gasteiger partial charge in [-0.1, -0.05) is 105 Å². The molecule has 5 aromatic rings. The zero-order chi connectivity index (χ0) is 46.6. The fourth-order valence-electron chi connectivity index (χ4n) is 7.57. The summed E-state index contributed by atoms with van der Waals surface area (Å²) in [6.45, 7) is 4.31. The molecule has 0 aromatic heterocycles. The Kier molecular flexibility index (Phi) is 15.7. The van der Waals surface area contributed by atoms with Gasteiger partial charge in [-0.05, 0) is 67.1 Å². The first-order chi connectivity index (χ1) is 32.0. The number of esters is 5. The first-order valence-corrected chi connectivity index (χ1v) is 21.4. The van der Waals surface area contributed by atoms with Crippen molar-refractivity contribution in [1.82, 2.24) is 0 Å². The van der Waals surface area contributed by atoms with E-state index in [1.54, 1.807) is 141 Å². The fourth-order valence-corrected chi connectivity index (χ4v) is 7.57. The van der Waals surface area contributed by atoms with Crippen LogP contribution in [0.3, 0.4) is 0 Å². The van der Waals surface area contributed by atoms with Crippen LogP contribution in [-0.2, 0) is 42.6 Å². The predicted molar refractivity (Wildman–Crippen MR) is 235 cm³/mol. The third kappa shape index (κ3) is 11.5. The highest BCUT2D eigenvalue weighted by Crippen LogP contribution is 2.38. The quantitative estimate of drug-likeness (QED) is 0.0466. The van der Waals surface area contributed by atoms with Crippen LogP contribution in [-0.4, -0.2) is 97.7 Å². The lowest BCUT2D eigenvalue weighted by atomic mass is 9.91. The van der Waals surface area contributed by atoms with Crippen molar-refractivity contribution in [3.8, 4) is 0 Å². The van der Waals surface area contributed by atoms with Crippen LogP contribution < -0.4 is 0 Å². The predicted octanol–water partition coefficient (Wildman–Crippen LogP) is 7.64. The third-order valence-corrected chi connectivity index (χ3v) is 10.9. The lowest BCUT2D eigenvalue weighted by molar-refractivity contribution is -0.343. The molecule has 0 radical (unpaired) electrons. The molecule has 342 valence electrons. The van der Waals surface area contributed by atoms with E-state index >= 15 is 0 Å². The molecule has 0 bridgehead atoms. The number of carbonyl (C=O) groups excluding carboxylic acids is 5. The smallest absolute Gasteiger partial charge is 0.338 e. The normalized spacial score (nSPS) is 24.7. The molecule has 2 fully saturated rings. The molecular weight excluding hydrogens is 851 g/mol. The van der Waals surface area contributed by atoms with Crippen molar-refractivity contribution in [2.75, 3.05) is 6.61 Å². The van der Waals surface area contributed by atoms with E-state index in [4.69, 9.17) is 48.0 Å². The number of hydrogen-bond acceptors (Lipinski definition) is 15. The van der Waals surface area contributed by atoms with Gasteiger partial charge in [0.15, 0.2) is 30.5 Å². The van der Waals surface area contributed by atoms with Crippen LogP contribution in [0.25, 0.3) is 0 Å². The van der Waals surface area contributed by atoms with Gasteiger partial charge in [0.1, 0.15) is 31.0 Å². The summed E-state index contributed by atoms with van der Waals surface area (Å²) < 4.78 is 56.3. The van der Waals surface area contributed by atoms with Gasteiger partial charge in [0.25, 0.3) is 0 Å². The maximum atomic E-state index is 14.1. The first-order valence-electron chi connectivity index (χ1n) is 21.4. The van der Waals surface area contributed by atoms with Crippen molar-refractivity contribution in [3.05, 3.63) is 179 Å². The van der Waals surface area contributed by atoms with Gasteiger partial charge in [0.05, 0.1) is 33.7 Å². The minimum Gasteiger partial charge on any atom is -0.459 e. The molecule has 15 heteroatoms. The summed E-state index contributed by atoms with van der Waals surface area (Å²) >= 11 is 0. The molecule has 2 heterocycles. The summed E-state index contributed by atoms with van der Waals surface area (Å²) in [5.74, 6) is -5.02. The van der Waals surface area contributed by atoms with Gasteiger partial charge in [-0.15, -0.1) is 0 Å². The largest absolute Gasteiger partial charge is 0.459 e. The van der Waals surface area contributed by atoms with Gasteiger partial charge in [-0.25, -0.2) is 24.0 Å². The highest BCUT2D eigenvalue weighted by molar-refractivity contribution is 5.92. The molecule has 5 aromatic carbocycles. The second kappa shape index (κ2) is 22.1. The molecule has 10 atom stereocenters. The number of rotatable bonds is 15. The summed E-state index contributed by atoms with van der Waals surface area (Å²) in [6.07, 6.45) is -12.5. The van der Waals surface area contributed by atoms with Gasteiger partial charge in [-0.3, -0.25) is 5.41 Å². The van der Waals surface area contributed by atoms with Crippen LogP contribution in [0, 0.1) is 11.3 Å². The van der Waals surface area contributed by atoms with Crippen LogP contribution in [0.5, 0.6) is 0 Å². The van der Waals surface area contributed by atoms with E-state index < -0.39 is 97.7 Å². The second-order valence-corrected chi connectivity index (χ2v) is 15.5. The van der Waals surface area contributed by atoms with Gasteiger partial charge in [-0.2, -0.15) is 0 Å². The van der Waals surface area contributed by atoms with E-state index in [-0.39, 0.29) is 40.1 Å². The lowest BCUT2D eigenvalue weighted by Crippen LogP contribution is -2.65. The Hall–Kier alpha value is -7.20. The van der Waals surface area contributed by atoms with Crippen LogP contribution in [0.1, 0.15) is 79.0 Å². The Morgan fingerprint density at radius 2 is 0.818 bits per heavy atom. The summed E-state index contributed by atoms with van der Waals surface area (Å²) in [5.41, 5.74) is 0.900. The average Bonchev–Trinajstić information content (AvgIpc) is 3.35. The van der Waals surface area contributed by atoms with Crippen molar-refractivity contribution in [1.29, 1.82) is 5.41 Å². The standard InChI is InChI=1S/C51H49NO14/c1-4-38-41(63-47(55)35-24-14-7-15-25-35)43(64-48(56)36-26-16-8-17-27-36)44(65-49(57)37-28-18-9-19-29-37)51(60-38)66-42-39(30-58-45(53)33-20-10-5-11-21-33)61-50(59-32(3)52)31(2)40(42)62-46(54)34-22-12-6-13-23-34/h5-29,31,38-44,50-52H,4,30H2,1-3H3/t31-,38?,39-,40-,41+,42-,43+,44-,50-,51+/m1/s1. The Labute approximate surface area is 381 Å². The highest BCUT2D eigenvalue weighted by atomic mass is 16.8. The Balaban J connectivity index is 1.32. The number of benzene rings is 5. The molecular formula is C51H49NO14. The fraction of sp³-hybridized carbons (Fsp3) is 0.294. The van der Waals surface area contributed by atoms with Crippen LogP contribution in [0.2, 0.25) is 0 Å². The minimum absolute atomic E-state index is 0.122. The third-order valence-electron chi connectivity index (χ3n) is 10.9. The molecule has 0 amide bonds. The molecule has 2 saturated heterocycles. The molecule has 66 heavy (non-hydrogen) atoms. The summed E-state index contributed by atoms with van der Waals surface area (Å²) in [5, 5.41) is 8.16. The highest BCUT2D eigenvalue weighted by Gasteiger charge is 2.56. The van der Waals surface area contributed by atoms with Crippen molar-refractivity contribution < 1.29 is 66.6 Å². The van der Waals surface area contributed by atoms with Gasteiger partial charge >= 0.3 is 29.8 Å². The monoisotopic (exact) mass is 899 g/mol. The molecule has 0 saturated carbocycles. The van der Waals surface area contributed by atoms with Crippen molar-refractivity contribution in [3.63, 3.8) is 0 Å². The van der Waals surface area contributed by atoms with Gasteiger partial charge < -0.3 is 42.6 Å². The maximum absolute atomic E-state index is 14.1. The van der Waals surface area contributed by atoms with Crippen LogP contribution in [0.15, 0.2) is 152 Å². The number of nitrogens with one attached hydrogen (secondary N) is 1. The molecule has 7 rings (SSSR count). The van der Waals surface area contributed by atoms with E-state index in [2.05, 4.69) is 0 Å². The zero-order valence-corrected chi connectivity index (χ0v) is 36.3. The summed E-state index contributed by atoms with van der Waals surface area (Å²) in [6, 6.07) is 40.7. The SMILES string of the molecule is CCC1O[C@@H](O[C@H]2[C@H](OC(=O)c3ccccc3)[C@@H](C)[C@H](OC(C)=N)O[C@@H]2COC(=O)c2ccccc2)[C@H](OC(=O)c2ccccc2)[C@@H](OC(=O)c2ccccc2)[C@H]1OC(=O)c1ccccc1. The van der Waals surface area contributed by atoms with E-state index in [1.165, 1.54) is 31.2 Å². The van der Waals surface area contributed by atoms with Crippen molar-refractivity contribution in [2.45, 2.75) is 82.5 Å². The number of carbonyl (C=O) groups is 5. The van der Waals surface area contributed by atoms with Crippen molar-refractivity contribution >= 4 is 35.7 Å². The van der Waals surface area contributed by atoms with E-state index in [1.807, 2.05) is 0 Å². The van der Waals surface area contributed by atoms with E-state index in [0.29, 0.717) is 0 Å². The number of ether oxygens (including phenoxy) is 9. The first kappa shape index (κ1) is 46.8. The molecule has 2 aliphatic rings.